The summed E-state index contributed by atoms with van der Waals surface area (Å²) < 4.78 is 24.4. The Bertz CT molecular complexity index is 602. The highest BCUT2D eigenvalue weighted by Gasteiger charge is 2.10. The molecule has 2 aromatic rings. The summed E-state index contributed by atoms with van der Waals surface area (Å²) in [6, 6.07) is 10.2. The molecule has 0 radical (unpaired) electrons. The fourth-order valence-electron chi connectivity index (χ4n) is 1.73. The van der Waals surface area contributed by atoms with E-state index in [2.05, 4.69) is 0 Å². The highest BCUT2D eigenvalue weighted by molar-refractivity contribution is 6.32. The maximum absolute atomic E-state index is 13.9. The summed E-state index contributed by atoms with van der Waals surface area (Å²) in [4.78, 5) is 0. The van der Waals surface area contributed by atoms with Crippen LogP contribution in [0.5, 0.6) is 11.5 Å². The number of hydrogen-bond donors (Lipinski definition) is 0. The average molecular weight is 315 g/mol. The van der Waals surface area contributed by atoms with Crippen LogP contribution < -0.4 is 9.47 Å². The first-order valence-corrected chi connectivity index (χ1v) is 6.85. The van der Waals surface area contributed by atoms with Crippen molar-refractivity contribution in [3.63, 3.8) is 0 Å². The van der Waals surface area contributed by atoms with E-state index in [-0.39, 0.29) is 12.4 Å². The lowest BCUT2D eigenvalue weighted by Gasteiger charge is -2.11. The largest absolute Gasteiger partial charge is 0.494 e. The van der Waals surface area contributed by atoms with E-state index >= 15 is 0 Å². The standard InChI is InChI=1S/C15H13Cl2FO2/c1-19-14-4-2-3-11(15(14)18)9-20-13-6-5-10(8-16)7-12(13)17/h2-7H,8-9H2,1H3. The third kappa shape index (κ3) is 3.35. The van der Waals surface area contributed by atoms with Crippen LogP contribution in [0.25, 0.3) is 0 Å². The van der Waals surface area contributed by atoms with Crippen LogP contribution in [0.15, 0.2) is 36.4 Å². The molecule has 0 aromatic heterocycles. The van der Waals surface area contributed by atoms with Gasteiger partial charge in [0.15, 0.2) is 11.6 Å². The Balaban J connectivity index is 2.13. The zero-order valence-electron chi connectivity index (χ0n) is 10.8. The maximum Gasteiger partial charge on any atom is 0.171 e. The number of methoxy groups -OCH3 is 1. The molecule has 0 amide bonds. The van der Waals surface area contributed by atoms with Gasteiger partial charge >= 0.3 is 0 Å². The zero-order valence-corrected chi connectivity index (χ0v) is 12.3. The Hall–Kier alpha value is -1.45. The summed E-state index contributed by atoms with van der Waals surface area (Å²) >= 11 is 11.8. The van der Waals surface area contributed by atoms with E-state index in [9.17, 15) is 4.39 Å². The average Bonchev–Trinajstić information content (AvgIpc) is 2.47. The van der Waals surface area contributed by atoms with Gasteiger partial charge in [-0.05, 0) is 23.8 Å². The van der Waals surface area contributed by atoms with E-state index in [0.29, 0.717) is 22.2 Å². The van der Waals surface area contributed by atoms with Gasteiger partial charge in [-0.15, -0.1) is 11.6 Å². The van der Waals surface area contributed by atoms with Crippen LogP contribution in [0.4, 0.5) is 4.39 Å². The summed E-state index contributed by atoms with van der Waals surface area (Å²) in [5.41, 5.74) is 1.30. The second-order valence-electron chi connectivity index (χ2n) is 4.12. The Morgan fingerprint density at radius 3 is 2.60 bits per heavy atom. The lowest BCUT2D eigenvalue weighted by Crippen LogP contribution is -2.01. The van der Waals surface area contributed by atoms with Crippen molar-refractivity contribution in [2.24, 2.45) is 0 Å². The molecule has 0 spiro atoms. The Morgan fingerprint density at radius 2 is 1.95 bits per heavy atom. The second kappa shape index (κ2) is 6.82. The second-order valence-corrected chi connectivity index (χ2v) is 4.79. The maximum atomic E-state index is 13.9. The molecular formula is C15H13Cl2FO2. The van der Waals surface area contributed by atoms with E-state index < -0.39 is 5.82 Å². The molecule has 2 rings (SSSR count). The van der Waals surface area contributed by atoms with Gasteiger partial charge in [-0.1, -0.05) is 29.8 Å². The van der Waals surface area contributed by atoms with Gasteiger partial charge in [0.1, 0.15) is 12.4 Å². The van der Waals surface area contributed by atoms with Crippen LogP contribution in [-0.4, -0.2) is 7.11 Å². The van der Waals surface area contributed by atoms with E-state index in [1.54, 1.807) is 30.3 Å². The van der Waals surface area contributed by atoms with Gasteiger partial charge in [-0.2, -0.15) is 0 Å². The SMILES string of the molecule is COc1cccc(COc2ccc(CCl)cc2Cl)c1F. The number of halogens is 3. The van der Waals surface area contributed by atoms with Crippen molar-refractivity contribution in [2.75, 3.05) is 7.11 Å². The van der Waals surface area contributed by atoms with Crippen molar-refractivity contribution in [1.29, 1.82) is 0 Å². The minimum atomic E-state index is -0.427. The summed E-state index contributed by atoms with van der Waals surface area (Å²) in [6.07, 6.45) is 0. The third-order valence-electron chi connectivity index (χ3n) is 2.80. The molecule has 0 aliphatic carbocycles. The van der Waals surface area contributed by atoms with Crippen molar-refractivity contribution in [3.05, 3.63) is 58.4 Å². The first kappa shape index (κ1) is 14.9. The molecule has 2 aromatic carbocycles. The summed E-state index contributed by atoms with van der Waals surface area (Å²) in [5, 5.41) is 0.450. The number of ether oxygens (including phenoxy) is 2. The zero-order chi connectivity index (χ0) is 14.5. The fourth-order valence-corrected chi connectivity index (χ4v) is 2.15. The molecule has 0 atom stereocenters. The van der Waals surface area contributed by atoms with Crippen molar-refractivity contribution in [1.82, 2.24) is 0 Å². The molecule has 0 saturated carbocycles. The van der Waals surface area contributed by atoms with Crippen LogP contribution in [0.3, 0.4) is 0 Å². The van der Waals surface area contributed by atoms with E-state index in [1.165, 1.54) is 7.11 Å². The highest BCUT2D eigenvalue weighted by Crippen LogP contribution is 2.28. The molecule has 0 aliphatic heterocycles. The molecule has 0 N–H and O–H groups in total. The minimum Gasteiger partial charge on any atom is -0.494 e. The molecule has 2 nitrogen and oxygen atoms in total. The van der Waals surface area contributed by atoms with Gasteiger partial charge in [0, 0.05) is 11.4 Å². The topological polar surface area (TPSA) is 18.5 Å². The van der Waals surface area contributed by atoms with Gasteiger partial charge in [0.2, 0.25) is 0 Å². The van der Waals surface area contributed by atoms with Crippen LogP contribution >= 0.6 is 23.2 Å². The third-order valence-corrected chi connectivity index (χ3v) is 3.40. The van der Waals surface area contributed by atoms with Crippen molar-refractivity contribution < 1.29 is 13.9 Å². The highest BCUT2D eigenvalue weighted by atomic mass is 35.5. The molecule has 0 heterocycles. The predicted molar refractivity (Wildman–Crippen MR) is 78.3 cm³/mol. The van der Waals surface area contributed by atoms with Crippen LogP contribution in [-0.2, 0) is 12.5 Å². The Morgan fingerprint density at radius 1 is 1.15 bits per heavy atom. The lowest BCUT2D eigenvalue weighted by molar-refractivity contribution is 0.296. The van der Waals surface area contributed by atoms with Crippen molar-refractivity contribution in [2.45, 2.75) is 12.5 Å². The van der Waals surface area contributed by atoms with Gasteiger partial charge in [0.05, 0.1) is 12.1 Å². The molecule has 0 aliphatic rings. The fraction of sp³-hybridized carbons (Fsp3) is 0.200. The lowest BCUT2D eigenvalue weighted by atomic mass is 10.2. The van der Waals surface area contributed by atoms with Crippen molar-refractivity contribution in [3.8, 4) is 11.5 Å². The van der Waals surface area contributed by atoms with E-state index in [1.807, 2.05) is 6.07 Å². The molecule has 0 fully saturated rings. The first-order valence-electron chi connectivity index (χ1n) is 5.94. The molecule has 106 valence electrons. The number of alkyl halides is 1. The van der Waals surface area contributed by atoms with Gasteiger partial charge in [-0.25, -0.2) is 4.39 Å². The van der Waals surface area contributed by atoms with Gasteiger partial charge in [-0.3, -0.25) is 0 Å². The predicted octanol–water partition coefficient (Wildman–Crippen LogP) is 4.81. The number of rotatable bonds is 5. The smallest absolute Gasteiger partial charge is 0.171 e. The number of benzene rings is 2. The molecule has 0 saturated heterocycles. The molecule has 0 bridgehead atoms. The van der Waals surface area contributed by atoms with Gasteiger partial charge < -0.3 is 9.47 Å². The Labute approximate surface area is 127 Å². The molecule has 20 heavy (non-hydrogen) atoms. The first-order chi connectivity index (χ1) is 9.65. The summed E-state index contributed by atoms with van der Waals surface area (Å²) in [6.45, 7) is 0.0724. The van der Waals surface area contributed by atoms with Crippen LogP contribution in [0, 0.1) is 5.82 Å². The van der Waals surface area contributed by atoms with Gasteiger partial charge in [0.25, 0.3) is 0 Å². The monoisotopic (exact) mass is 314 g/mol. The van der Waals surface area contributed by atoms with E-state index in [4.69, 9.17) is 32.7 Å². The molecule has 5 heteroatoms. The molecular weight excluding hydrogens is 302 g/mol. The molecule has 0 unspecified atom stereocenters. The minimum absolute atomic E-state index is 0.0724. The summed E-state index contributed by atoms with van der Waals surface area (Å²) in [5.74, 6) is 0.630. The summed E-state index contributed by atoms with van der Waals surface area (Å²) in [7, 11) is 1.42. The Kier molecular flexibility index (Phi) is 5.10. The van der Waals surface area contributed by atoms with Crippen LogP contribution in [0.2, 0.25) is 5.02 Å². The van der Waals surface area contributed by atoms with Crippen molar-refractivity contribution >= 4 is 23.2 Å². The number of hydrogen-bond acceptors (Lipinski definition) is 2. The van der Waals surface area contributed by atoms with Crippen LogP contribution in [0.1, 0.15) is 11.1 Å². The van der Waals surface area contributed by atoms with E-state index in [0.717, 1.165) is 5.56 Å². The quantitative estimate of drug-likeness (QED) is 0.738. The normalized spacial score (nSPS) is 10.4.